The summed E-state index contributed by atoms with van der Waals surface area (Å²) in [4.78, 5) is 56.5. The summed E-state index contributed by atoms with van der Waals surface area (Å²) in [6, 6.07) is 0.186. The molecule has 47 heavy (non-hydrogen) atoms. The molecule has 0 aromatic carbocycles. The van der Waals surface area contributed by atoms with E-state index in [1.54, 1.807) is 35.4 Å². The van der Waals surface area contributed by atoms with Gasteiger partial charge in [-0.2, -0.15) is 9.59 Å². The van der Waals surface area contributed by atoms with E-state index >= 15 is 0 Å². The van der Waals surface area contributed by atoms with Crippen molar-refractivity contribution in [2.45, 2.75) is 125 Å². The van der Waals surface area contributed by atoms with Crippen LogP contribution < -0.4 is 11.2 Å². The highest BCUT2D eigenvalue weighted by Crippen LogP contribution is 2.51. The summed E-state index contributed by atoms with van der Waals surface area (Å²) < 4.78 is 34.8. The minimum absolute atomic E-state index is 0.0734. The first-order chi connectivity index (χ1) is 22.4. The van der Waals surface area contributed by atoms with E-state index in [2.05, 4.69) is 44.3 Å². The molecule has 0 radical (unpaired) electrons. The Hall–Kier alpha value is -1.54. The molecule has 2 heterocycles. The fraction of sp³-hybridized carbons (Fsp3) is 0.806. The summed E-state index contributed by atoms with van der Waals surface area (Å²) in [7, 11) is 1.77. The van der Waals surface area contributed by atoms with Gasteiger partial charge in [0.05, 0.1) is 32.0 Å². The minimum Gasteiger partial charge on any atom is -0.465 e. The number of unbranched alkanes of at least 4 members (excludes halogenated alkanes) is 1. The average Bonchev–Trinajstić information content (AvgIpc) is 3.42. The summed E-state index contributed by atoms with van der Waals surface area (Å²) >= 11 is 0. The lowest BCUT2D eigenvalue weighted by atomic mass is 9.87. The Balaban J connectivity index is 0.00000354. The molecule has 1 aromatic heterocycles. The lowest BCUT2D eigenvalue weighted by molar-refractivity contribution is -0.191. The molecule has 1 N–H and O–H groups in total. The largest absolute Gasteiger partial charge is 0.465 e. The summed E-state index contributed by atoms with van der Waals surface area (Å²) in [5, 5.41) is 0. The molecule has 16 heteroatoms. The van der Waals surface area contributed by atoms with Crippen LogP contribution in [0.2, 0.25) is 0 Å². The monoisotopic (exact) mass is 723 g/mol. The molecule has 2 rings (SSSR count). The Bertz CT molecular complexity index is 1200. The van der Waals surface area contributed by atoms with E-state index in [4.69, 9.17) is 32.8 Å². The number of aromatic nitrogens is 2. The summed E-state index contributed by atoms with van der Waals surface area (Å²) in [5.41, 5.74) is -1.50. The summed E-state index contributed by atoms with van der Waals surface area (Å²) in [5.74, 6) is 1.19. The Morgan fingerprint density at radius 2 is 1.81 bits per heavy atom. The van der Waals surface area contributed by atoms with Crippen molar-refractivity contribution in [2.24, 2.45) is 5.41 Å². The fourth-order valence-electron chi connectivity index (χ4n) is 4.92. The van der Waals surface area contributed by atoms with Crippen LogP contribution in [-0.4, -0.2) is 82.1 Å². The second-order valence-electron chi connectivity index (χ2n) is 11.7. The second kappa shape index (κ2) is 23.0. The van der Waals surface area contributed by atoms with Crippen molar-refractivity contribution in [3.05, 3.63) is 32.6 Å². The third-order valence-electron chi connectivity index (χ3n) is 7.52. The maximum absolute atomic E-state index is 13.4. The van der Waals surface area contributed by atoms with E-state index in [-0.39, 0.29) is 56.2 Å². The zero-order valence-corrected chi connectivity index (χ0v) is 31.8. The standard InChI is InChI=1S/C30H54N3O8PS2.CO2/c1-10-14-15-43-44-20-37-18-30(12-3,28(35)38-13-4)19-39-42(33(21(5)6)22(7)8)41-25-16-26(40-24(25)11-2)32-17-23(9)27(34)31-29(32)36;2-1-3/h17,21-22,24-26H,10-16,18-20H2,1-9H3,(H,31,34,36);/t24-,25?,26-,30?,42?;/m1./s1. The number of rotatable bonds is 21. The van der Waals surface area contributed by atoms with Crippen molar-refractivity contribution < 1.29 is 37.6 Å². The molecule has 0 amide bonds. The zero-order valence-electron chi connectivity index (χ0n) is 29.3. The predicted octanol–water partition coefficient (Wildman–Crippen LogP) is 5.82. The third kappa shape index (κ3) is 13.7. The van der Waals surface area contributed by atoms with E-state index < -0.39 is 31.4 Å². The maximum atomic E-state index is 13.4. The summed E-state index contributed by atoms with van der Waals surface area (Å²) in [6.45, 7) is 18.4. The summed E-state index contributed by atoms with van der Waals surface area (Å²) in [6.07, 6.45) is 4.38. The number of hydrogen-bond acceptors (Lipinski definition) is 13. The van der Waals surface area contributed by atoms with Gasteiger partial charge in [0.2, 0.25) is 0 Å². The number of carbonyl (C=O) groups excluding carboxylic acids is 3. The average molecular weight is 724 g/mol. The minimum atomic E-state index is -1.65. The van der Waals surface area contributed by atoms with Crippen LogP contribution in [0.5, 0.6) is 0 Å². The van der Waals surface area contributed by atoms with Crippen LogP contribution in [0.4, 0.5) is 0 Å². The molecular formula is C31H54N3O10PS2. The molecule has 1 aliphatic rings. The van der Waals surface area contributed by atoms with Gasteiger partial charge < -0.3 is 23.3 Å². The van der Waals surface area contributed by atoms with Gasteiger partial charge in [0.25, 0.3) is 14.1 Å². The lowest BCUT2D eigenvalue weighted by Gasteiger charge is -2.39. The number of aryl methyl sites for hydroxylation is 1. The number of hydrogen-bond donors (Lipinski definition) is 1. The van der Waals surface area contributed by atoms with Crippen LogP contribution in [0.25, 0.3) is 0 Å². The predicted molar refractivity (Wildman–Crippen MR) is 185 cm³/mol. The van der Waals surface area contributed by atoms with Gasteiger partial charge >= 0.3 is 17.8 Å². The van der Waals surface area contributed by atoms with Gasteiger partial charge in [-0.1, -0.05) is 48.8 Å². The number of nitrogens with zero attached hydrogens (tertiary/aromatic N) is 2. The van der Waals surface area contributed by atoms with Crippen LogP contribution in [0, 0.1) is 12.3 Å². The van der Waals surface area contributed by atoms with Gasteiger partial charge in [-0.3, -0.25) is 19.1 Å². The lowest BCUT2D eigenvalue weighted by Crippen LogP contribution is -2.42. The molecule has 1 aromatic rings. The number of aromatic amines is 1. The fourth-order valence-corrected chi connectivity index (χ4v) is 8.65. The van der Waals surface area contributed by atoms with E-state index in [0.29, 0.717) is 30.8 Å². The molecule has 0 aliphatic carbocycles. The Morgan fingerprint density at radius 1 is 1.15 bits per heavy atom. The van der Waals surface area contributed by atoms with Gasteiger partial charge in [0.15, 0.2) is 0 Å². The molecule has 0 saturated carbocycles. The van der Waals surface area contributed by atoms with Crippen molar-refractivity contribution in [3.8, 4) is 0 Å². The highest BCUT2D eigenvalue weighted by molar-refractivity contribution is 8.76. The van der Waals surface area contributed by atoms with Gasteiger partial charge in [-0.25, -0.2) is 9.46 Å². The Kier molecular flexibility index (Phi) is 21.3. The van der Waals surface area contributed by atoms with Crippen molar-refractivity contribution >= 4 is 42.2 Å². The molecule has 0 spiro atoms. The van der Waals surface area contributed by atoms with Crippen LogP contribution in [0.1, 0.15) is 99.3 Å². The quantitative estimate of drug-likeness (QED) is 0.0533. The van der Waals surface area contributed by atoms with Crippen molar-refractivity contribution in [1.29, 1.82) is 0 Å². The van der Waals surface area contributed by atoms with Gasteiger partial charge in [-0.05, 0) is 60.8 Å². The second-order valence-corrected chi connectivity index (χ2v) is 15.6. The number of H-pyrrole nitrogens is 1. The molecule has 1 saturated heterocycles. The van der Waals surface area contributed by atoms with Crippen LogP contribution in [0.3, 0.4) is 0 Å². The number of carbonyl (C=O) groups is 1. The normalized spacial score (nSPS) is 19.7. The van der Waals surface area contributed by atoms with E-state index in [1.165, 1.54) is 10.8 Å². The number of ether oxygens (including phenoxy) is 3. The first-order valence-corrected chi connectivity index (χ1v) is 19.8. The molecular weight excluding hydrogens is 669 g/mol. The van der Waals surface area contributed by atoms with Crippen LogP contribution >= 0.6 is 30.1 Å². The van der Waals surface area contributed by atoms with Gasteiger partial charge in [0.1, 0.15) is 17.6 Å². The molecule has 0 bridgehead atoms. The van der Waals surface area contributed by atoms with Crippen molar-refractivity contribution in [2.75, 3.05) is 31.5 Å². The molecule has 3 unspecified atom stereocenters. The Labute approximate surface area is 287 Å². The van der Waals surface area contributed by atoms with Crippen molar-refractivity contribution in [1.82, 2.24) is 14.2 Å². The molecule has 270 valence electrons. The molecule has 13 nitrogen and oxygen atoms in total. The van der Waals surface area contributed by atoms with E-state index in [0.717, 1.165) is 18.6 Å². The van der Waals surface area contributed by atoms with E-state index in [1.807, 2.05) is 13.8 Å². The molecule has 1 fully saturated rings. The molecule has 5 atom stereocenters. The number of esters is 1. The SMILES string of the molecule is CCCCSSCOCC(CC)(COP(OC1C[C@H](n2cc(C)c(=O)[nH]c2=O)O[C@@H]1CC)N(C(C)C)C(C)C)C(=O)OCC.O=C=O. The third-order valence-corrected chi connectivity index (χ3v) is 11.8. The van der Waals surface area contributed by atoms with Gasteiger partial charge in [0, 0.05) is 36.0 Å². The van der Waals surface area contributed by atoms with Crippen LogP contribution in [-0.2, 0) is 37.6 Å². The smallest absolute Gasteiger partial charge is 0.373 e. The van der Waals surface area contributed by atoms with E-state index in [9.17, 15) is 14.4 Å². The Morgan fingerprint density at radius 3 is 2.36 bits per heavy atom. The van der Waals surface area contributed by atoms with Crippen LogP contribution in [0.15, 0.2) is 15.8 Å². The molecule has 1 aliphatic heterocycles. The highest BCUT2D eigenvalue weighted by Gasteiger charge is 2.44. The zero-order chi connectivity index (χ0) is 35.6. The first-order valence-electron chi connectivity index (χ1n) is 16.2. The first kappa shape index (κ1) is 43.5. The topological polar surface area (TPSA) is 155 Å². The van der Waals surface area contributed by atoms with Crippen molar-refractivity contribution in [3.63, 3.8) is 0 Å². The maximum Gasteiger partial charge on any atom is 0.373 e. The number of nitrogens with one attached hydrogen (secondary N) is 1. The highest BCUT2D eigenvalue weighted by atomic mass is 33.1. The van der Waals surface area contributed by atoms with Gasteiger partial charge in [-0.15, -0.1) is 0 Å².